The number of halogens is 1. The van der Waals surface area contributed by atoms with E-state index < -0.39 is 15.0 Å². The molecule has 0 aliphatic heterocycles. The SMILES string of the molecule is Cc1nc(NC(=O)c2csnn2)sc1S(=O)(=O)Cl. The van der Waals surface area contributed by atoms with E-state index in [4.69, 9.17) is 10.7 Å². The van der Waals surface area contributed by atoms with E-state index in [1.165, 1.54) is 12.3 Å². The number of nitrogens with zero attached hydrogens (tertiary/aromatic N) is 3. The second-order valence-electron chi connectivity index (χ2n) is 3.07. The number of amides is 1. The van der Waals surface area contributed by atoms with Crippen LogP contribution in [0.5, 0.6) is 0 Å². The number of hydrogen-bond donors (Lipinski definition) is 1. The third kappa shape index (κ3) is 2.83. The van der Waals surface area contributed by atoms with Crippen molar-refractivity contribution in [1.29, 1.82) is 0 Å². The highest BCUT2D eigenvalue weighted by molar-refractivity contribution is 8.15. The molecule has 0 saturated carbocycles. The molecule has 1 amide bonds. The van der Waals surface area contributed by atoms with Crippen LogP contribution in [-0.4, -0.2) is 28.9 Å². The number of rotatable bonds is 3. The molecule has 1 N–H and O–H groups in total. The molecule has 0 aliphatic carbocycles. The van der Waals surface area contributed by atoms with Gasteiger partial charge in [-0.25, -0.2) is 13.4 Å². The van der Waals surface area contributed by atoms with Crippen molar-refractivity contribution in [2.75, 3.05) is 5.32 Å². The Kier molecular flexibility index (Phi) is 3.61. The van der Waals surface area contributed by atoms with E-state index in [0.29, 0.717) is 0 Å². The fourth-order valence-electron chi connectivity index (χ4n) is 1.09. The first-order valence-corrected chi connectivity index (χ1v) is 8.34. The minimum absolute atomic E-state index is 0.0872. The molecule has 11 heteroatoms. The zero-order valence-corrected chi connectivity index (χ0v) is 12.0. The van der Waals surface area contributed by atoms with E-state index in [2.05, 4.69) is 19.9 Å². The second-order valence-corrected chi connectivity index (χ2v) is 7.44. The van der Waals surface area contributed by atoms with Crippen LogP contribution in [0, 0.1) is 6.92 Å². The summed E-state index contributed by atoms with van der Waals surface area (Å²) in [5.41, 5.74) is 0.379. The Hall–Kier alpha value is -1.10. The number of aryl methyl sites for hydroxylation is 1. The number of nitrogens with one attached hydrogen (secondary N) is 1. The van der Waals surface area contributed by atoms with Gasteiger partial charge in [0, 0.05) is 16.1 Å². The van der Waals surface area contributed by atoms with Gasteiger partial charge in [-0.3, -0.25) is 10.1 Å². The minimum atomic E-state index is -3.85. The molecular weight excluding hydrogens is 320 g/mol. The molecule has 0 radical (unpaired) electrons. The van der Waals surface area contributed by atoms with Crippen molar-refractivity contribution in [1.82, 2.24) is 14.6 Å². The summed E-state index contributed by atoms with van der Waals surface area (Å²) in [5, 5.41) is 7.62. The van der Waals surface area contributed by atoms with Gasteiger partial charge >= 0.3 is 0 Å². The topological polar surface area (TPSA) is 102 Å². The van der Waals surface area contributed by atoms with E-state index in [1.54, 1.807) is 0 Å². The number of thiazole rings is 1. The molecule has 0 unspecified atom stereocenters. The van der Waals surface area contributed by atoms with E-state index in [-0.39, 0.29) is 20.7 Å². The first-order chi connectivity index (χ1) is 8.38. The van der Waals surface area contributed by atoms with Crippen LogP contribution in [0.1, 0.15) is 16.2 Å². The lowest BCUT2D eigenvalue weighted by molar-refractivity contribution is 0.102. The predicted octanol–water partition coefficient (Wildman–Crippen LogP) is 1.48. The molecule has 0 spiro atoms. The lowest BCUT2D eigenvalue weighted by Crippen LogP contribution is -2.12. The minimum Gasteiger partial charge on any atom is -0.296 e. The molecule has 0 bridgehead atoms. The average molecular weight is 325 g/mol. The number of anilines is 1. The van der Waals surface area contributed by atoms with Crippen LogP contribution < -0.4 is 5.32 Å². The smallest absolute Gasteiger partial charge is 0.278 e. The summed E-state index contributed by atoms with van der Waals surface area (Å²) in [6, 6.07) is 0. The monoisotopic (exact) mass is 324 g/mol. The van der Waals surface area contributed by atoms with Crippen molar-refractivity contribution in [3.05, 3.63) is 16.8 Å². The molecule has 0 fully saturated rings. The van der Waals surface area contributed by atoms with Crippen molar-refractivity contribution in [3.8, 4) is 0 Å². The van der Waals surface area contributed by atoms with Gasteiger partial charge in [0.2, 0.25) is 0 Å². The van der Waals surface area contributed by atoms with Crippen LogP contribution in [0.3, 0.4) is 0 Å². The summed E-state index contributed by atoms with van der Waals surface area (Å²) in [7, 11) is 1.37. The third-order valence-electron chi connectivity index (χ3n) is 1.79. The number of carbonyl (C=O) groups is 1. The van der Waals surface area contributed by atoms with Crippen molar-refractivity contribution >= 4 is 53.6 Å². The molecule has 2 aromatic rings. The van der Waals surface area contributed by atoms with Gasteiger partial charge in [-0.1, -0.05) is 15.8 Å². The molecule has 2 heterocycles. The fourth-order valence-corrected chi connectivity index (χ4v) is 3.87. The van der Waals surface area contributed by atoms with Gasteiger partial charge in [-0.2, -0.15) is 0 Å². The quantitative estimate of drug-likeness (QED) is 0.858. The van der Waals surface area contributed by atoms with E-state index in [1.807, 2.05) is 0 Å². The maximum atomic E-state index is 11.6. The maximum Gasteiger partial charge on any atom is 0.278 e. The molecule has 7 nitrogen and oxygen atoms in total. The molecule has 2 aromatic heterocycles. The normalized spacial score (nSPS) is 11.4. The number of carbonyl (C=O) groups excluding carboxylic acids is 1. The fraction of sp³-hybridized carbons (Fsp3) is 0.143. The van der Waals surface area contributed by atoms with Crippen molar-refractivity contribution in [3.63, 3.8) is 0 Å². The van der Waals surface area contributed by atoms with E-state index in [9.17, 15) is 13.2 Å². The lowest BCUT2D eigenvalue weighted by atomic mass is 10.5. The number of hydrogen-bond acceptors (Lipinski definition) is 8. The first-order valence-electron chi connectivity index (χ1n) is 4.38. The van der Waals surface area contributed by atoms with Crippen LogP contribution in [0.2, 0.25) is 0 Å². The summed E-state index contributed by atoms with van der Waals surface area (Å²) < 4.78 is 25.8. The van der Waals surface area contributed by atoms with Gasteiger partial charge in [-0.05, 0) is 18.5 Å². The molecular formula is C7H5ClN4O3S3. The van der Waals surface area contributed by atoms with Gasteiger partial charge < -0.3 is 0 Å². The van der Waals surface area contributed by atoms with E-state index >= 15 is 0 Å². The molecule has 18 heavy (non-hydrogen) atoms. The Balaban J connectivity index is 2.24. The summed E-state index contributed by atoms with van der Waals surface area (Å²) in [6.07, 6.45) is 0. The Morgan fingerprint density at radius 3 is 2.72 bits per heavy atom. The lowest BCUT2D eigenvalue weighted by Gasteiger charge is -1.95. The zero-order chi connectivity index (χ0) is 13.3. The number of aromatic nitrogens is 3. The predicted molar refractivity (Wildman–Crippen MR) is 67.8 cm³/mol. The van der Waals surface area contributed by atoms with Crippen LogP contribution in [-0.2, 0) is 9.05 Å². The Morgan fingerprint density at radius 1 is 1.50 bits per heavy atom. The second kappa shape index (κ2) is 4.88. The van der Waals surface area contributed by atoms with Crippen LogP contribution in [0.4, 0.5) is 5.13 Å². The molecule has 0 aromatic carbocycles. The highest BCUT2D eigenvalue weighted by Gasteiger charge is 2.20. The average Bonchev–Trinajstić information content (AvgIpc) is 2.85. The highest BCUT2D eigenvalue weighted by Crippen LogP contribution is 2.29. The van der Waals surface area contributed by atoms with Gasteiger partial charge in [-0.15, -0.1) is 5.10 Å². The summed E-state index contributed by atoms with van der Waals surface area (Å²) in [4.78, 5) is 15.5. The van der Waals surface area contributed by atoms with Crippen molar-refractivity contribution < 1.29 is 13.2 Å². The van der Waals surface area contributed by atoms with Gasteiger partial charge in [0.15, 0.2) is 15.0 Å². The zero-order valence-electron chi connectivity index (χ0n) is 8.75. The van der Waals surface area contributed by atoms with Crippen molar-refractivity contribution in [2.24, 2.45) is 0 Å². The highest BCUT2D eigenvalue weighted by atomic mass is 35.7. The standard InChI is InChI=1S/C7H5ClN4O3S3/c1-3-6(18(8,14)15)17-7(9-3)10-5(13)4-2-16-12-11-4/h2H,1H3,(H,9,10,13). The largest absolute Gasteiger partial charge is 0.296 e. The molecule has 2 rings (SSSR count). The van der Waals surface area contributed by atoms with Crippen molar-refractivity contribution in [2.45, 2.75) is 11.1 Å². The van der Waals surface area contributed by atoms with E-state index in [0.717, 1.165) is 22.9 Å². The third-order valence-corrected chi connectivity index (χ3v) is 5.54. The summed E-state index contributed by atoms with van der Waals surface area (Å²) in [6.45, 7) is 1.49. The van der Waals surface area contributed by atoms with Gasteiger partial charge in [0.05, 0.1) is 5.69 Å². The molecule has 0 saturated heterocycles. The van der Waals surface area contributed by atoms with Crippen LogP contribution >= 0.6 is 33.6 Å². The van der Waals surface area contributed by atoms with Gasteiger partial charge in [0.1, 0.15) is 0 Å². The van der Waals surface area contributed by atoms with Crippen LogP contribution in [0.25, 0.3) is 0 Å². The Morgan fingerprint density at radius 2 is 2.22 bits per heavy atom. The van der Waals surface area contributed by atoms with Gasteiger partial charge in [0.25, 0.3) is 15.0 Å². The Bertz CT molecular complexity index is 679. The maximum absolute atomic E-state index is 11.6. The molecule has 0 aliphatic rings. The molecule has 96 valence electrons. The summed E-state index contributed by atoms with van der Waals surface area (Å²) >= 11 is 1.82. The molecule has 0 atom stereocenters. The van der Waals surface area contributed by atoms with Crippen LogP contribution in [0.15, 0.2) is 9.59 Å². The summed E-state index contributed by atoms with van der Waals surface area (Å²) in [5.74, 6) is -0.504. The Labute approximate surface area is 114 Å². The first kappa shape index (κ1) is 13.3.